The molecule has 2 aromatic carbocycles. The summed E-state index contributed by atoms with van der Waals surface area (Å²) in [7, 11) is 0. The zero-order valence-corrected chi connectivity index (χ0v) is 13.3. The van der Waals surface area contributed by atoms with Crippen LogP contribution in [0.4, 0.5) is 10.5 Å². The van der Waals surface area contributed by atoms with Gasteiger partial charge in [0.2, 0.25) is 0 Å². The average molecular weight is 308 g/mol. The van der Waals surface area contributed by atoms with Crippen LogP contribution in [-0.2, 0) is 13.1 Å². The lowest BCUT2D eigenvalue weighted by molar-refractivity contribution is 0.249. The molecule has 5 nitrogen and oxygen atoms in total. The molecular weight excluding hydrogens is 288 g/mol. The largest absolute Gasteiger partial charge is 0.363 e. The van der Waals surface area contributed by atoms with Gasteiger partial charge in [-0.25, -0.2) is 10.2 Å². The van der Waals surface area contributed by atoms with Crippen molar-refractivity contribution in [3.8, 4) is 0 Å². The summed E-state index contributed by atoms with van der Waals surface area (Å²) in [6.45, 7) is 6.19. The SMILES string of the molecule is Cc1cc2c(cc1C)CN(c1ccc(C=NNC(N)=O)cc1)C2. The number of primary amides is 1. The van der Waals surface area contributed by atoms with Crippen LogP contribution in [0.1, 0.15) is 27.8 Å². The van der Waals surface area contributed by atoms with Crippen LogP contribution in [0.15, 0.2) is 41.5 Å². The molecule has 0 unspecified atom stereocenters. The maximum absolute atomic E-state index is 10.6. The van der Waals surface area contributed by atoms with Crippen LogP contribution in [0.2, 0.25) is 0 Å². The van der Waals surface area contributed by atoms with Gasteiger partial charge < -0.3 is 10.6 Å². The molecule has 0 bridgehead atoms. The first-order chi connectivity index (χ1) is 11.0. The Morgan fingerprint density at radius 1 is 1.13 bits per heavy atom. The monoisotopic (exact) mass is 308 g/mol. The third-order valence-electron chi connectivity index (χ3n) is 4.18. The first-order valence-corrected chi connectivity index (χ1v) is 7.55. The van der Waals surface area contributed by atoms with Crippen LogP contribution in [0.5, 0.6) is 0 Å². The number of urea groups is 1. The van der Waals surface area contributed by atoms with Crippen molar-refractivity contribution in [1.29, 1.82) is 0 Å². The lowest BCUT2D eigenvalue weighted by atomic mass is 10.0. The molecule has 0 atom stereocenters. The van der Waals surface area contributed by atoms with E-state index in [0.717, 1.165) is 18.7 Å². The number of hydrogen-bond acceptors (Lipinski definition) is 3. The van der Waals surface area contributed by atoms with Gasteiger partial charge in [0.1, 0.15) is 0 Å². The smallest absolute Gasteiger partial charge is 0.332 e. The number of carbonyl (C=O) groups is 1. The van der Waals surface area contributed by atoms with E-state index in [1.54, 1.807) is 6.21 Å². The highest BCUT2D eigenvalue weighted by atomic mass is 16.2. The summed E-state index contributed by atoms with van der Waals surface area (Å²) in [5.41, 5.74) is 14.7. The van der Waals surface area contributed by atoms with Gasteiger partial charge in [0.25, 0.3) is 0 Å². The Bertz CT molecular complexity index is 734. The third-order valence-corrected chi connectivity index (χ3v) is 4.18. The van der Waals surface area contributed by atoms with Gasteiger partial charge in [-0.3, -0.25) is 0 Å². The first kappa shape index (κ1) is 15.1. The van der Waals surface area contributed by atoms with E-state index in [-0.39, 0.29) is 0 Å². The standard InChI is InChI=1S/C18H20N4O/c1-12-7-15-10-22(11-16(15)8-13(12)2)17-5-3-14(4-6-17)9-20-21-18(19)23/h3-9H,10-11H2,1-2H3,(H3,19,21,23). The predicted octanol–water partition coefficient (Wildman–Crippen LogP) is 2.83. The lowest BCUT2D eigenvalue weighted by Crippen LogP contribution is -2.24. The molecule has 1 aliphatic heterocycles. The zero-order valence-electron chi connectivity index (χ0n) is 13.3. The van der Waals surface area contributed by atoms with Crippen molar-refractivity contribution in [3.05, 3.63) is 64.2 Å². The molecule has 23 heavy (non-hydrogen) atoms. The maximum atomic E-state index is 10.6. The molecule has 118 valence electrons. The maximum Gasteiger partial charge on any atom is 0.332 e. The molecule has 1 heterocycles. The fourth-order valence-corrected chi connectivity index (χ4v) is 2.82. The second-order valence-electron chi connectivity index (χ2n) is 5.89. The van der Waals surface area contributed by atoms with E-state index >= 15 is 0 Å². The number of anilines is 1. The summed E-state index contributed by atoms with van der Waals surface area (Å²) in [4.78, 5) is 12.9. The molecule has 0 aromatic heterocycles. The Morgan fingerprint density at radius 2 is 1.70 bits per heavy atom. The fraction of sp³-hybridized carbons (Fsp3) is 0.222. The lowest BCUT2D eigenvalue weighted by Gasteiger charge is -2.17. The van der Waals surface area contributed by atoms with Gasteiger partial charge in [-0.2, -0.15) is 5.10 Å². The summed E-state index contributed by atoms with van der Waals surface area (Å²) >= 11 is 0. The van der Waals surface area contributed by atoms with Crippen molar-refractivity contribution in [2.24, 2.45) is 10.8 Å². The molecule has 0 spiro atoms. The van der Waals surface area contributed by atoms with Crippen LogP contribution in [0.3, 0.4) is 0 Å². The molecule has 2 amide bonds. The fourth-order valence-electron chi connectivity index (χ4n) is 2.82. The molecule has 1 aliphatic rings. The van der Waals surface area contributed by atoms with Gasteiger partial charge in [-0.1, -0.05) is 24.3 Å². The Labute approximate surface area is 135 Å². The molecule has 3 N–H and O–H groups in total. The van der Waals surface area contributed by atoms with Crippen molar-refractivity contribution in [2.45, 2.75) is 26.9 Å². The average Bonchev–Trinajstić information content (AvgIpc) is 2.91. The minimum absolute atomic E-state index is 0.668. The molecule has 3 rings (SSSR count). The number of nitrogens with one attached hydrogen (secondary N) is 1. The highest BCUT2D eigenvalue weighted by Gasteiger charge is 2.19. The molecule has 0 aliphatic carbocycles. The van der Waals surface area contributed by atoms with Crippen LogP contribution >= 0.6 is 0 Å². The molecule has 0 saturated carbocycles. The predicted molar refractivity (Wildman–Crippen MR) is 92.6 cm³/mol. The molecule has 0 radical (unpaired) electrons. The van der Waals surface area contributed by atoms with Crippen molar-refractivity contribution >= 4 is 17.9 Å². The van der Waals surface area contributed by atoms with Crippen LogP contribution < -0.4 is 16.1 Å². The van der Waals surface area contributed by atoms with Crippen LogP contribution in [-0.4, -0.2) is 12.2 Å². The minimum atomic E-state index is -0.668. The van der Waals surface area contributed by atoms with Crippen molar-refractivity contribution in [3.63, 3.8) is 0 Å². The van der Waals surface area contributed by atoms with Crippen molar-refractivity contribution < 1.29 is 4.79 Å². The number of amides is 2. The quantitative estimate of drug-likeness (QED) is 0.676. The number of hydrazone groups is 1. The van der Waals surface area contributed by atoms with E-state index in [1.165, 1.54) is 27.9 Å². The van der Waals surface area contributed by atoms with Crippen molar-refractivity contribution in [1.82, 2.24) is 5.43 Å². The number of rotatable bonds is 3. The summed E-state index contributed by atoms with van der Waals surface area (Å²) in [6.07, 6.45) is 1.57. The normalized spacial score (nSPS) is 13.4. The second kappa shape index (κ2) is 6.12. The zero-order chi connectivity index (χ0) is 16.4. The number of carbonyl (C=O) groups excluding carboxylic acids is 1. The van der Waals surface area contributed by atoms with Gasteiger partial charge in [-0.15, -0.1) is 0 Å². The highest BCUT2D eigenvalue weighted by molar-refractivity contribution is 5.82. The number of benzene rings is 2. The molecule has 5 heteroatoms. The molecule has 2 aromatic rings. The Balaban J connectivity index is 1.72. The summed E-state index contributed by atoms with van der Waals surface area (Å²) in [6, 6.07) is 12.0. The third kappa shape index (κ3) is 3.34. The van der Waals surface area contributed by atoms with Gasteiger partial charge in [-0.05, 0) is 53.8 Å². The number of hydrogen-bond donors (Lipinski definition) is 2. The minimum Gasteiger partial charge on any atom is -0.363 e. The number of nitrogens with two attached hydrogens (primary N) is 1. The molecule has 0 saturated heterocycles. The number of aryl methyl sites for hydroxylation is 2. The van der Waals surface area contributed by atoms with Crippen LogP contribution in [0, 0.1) is 13.8 Å². The first-order valence-electron chi connectivity index (χ1n) is 7.55. The highest BCUT2D eigenvalue weighted by Crippen LogP contribution is 2.30. The van der Waals surface area contributed by atoms with E-state index in [9.17, 15) is 4.79 Å². The van der Waals surface area contributed by atoms with Crippen molar-refractivity contribution in [2.75, 3.05) is 4.90 Å². The van der Waals surface area contributed by atoms with Gasteiger partial charge in [0, 0.05) is 18.8 Å². The van der Waals surface area contributed by atoms with Gasteiger partial charge in [0.05, 0.1) is 6.21 Å². The number of nitrogens with zero attached hydrogens (tertiary/aromatic N) is 2. The van der Waals surface area contributed by atoms with Gasteiger partial charge >= 0.3 is 6.03 Å². The molecule has 0 fully saturated rings. The summed E-state index contributed by atoms with van der Waals surface area (Å²) in [5.74, 6) is 0. The van der Waals surface area contributed by atoms with Crippen LogP contribution in [0.25, 0.3) is 0 Å². The Morgan fingerprint density at radius 3 is 2.22 bits per heavy atom. The van der Waals surface area contributed by atoms with E-state index in [0.29, 0.717) is 0 Å². The summed E-state index contributed by atoms with van der Waals surface area (Å²) < 4.78 is 0. The Kier molecular flexibility index (Phi) is 4.02. The van der Waals surface area contributed by atoms with E-state index < -0.39 is 6.03 Å². The summed E-state index contributed by atoms with van der Waals surface area (Å²) in [5, 5.41) is 3.76. The van der Waals surface area contributed by atoms with E-state index in [4.69, 9.17) is 5.73 Å². The van der Waals surface area contributed by atoms with Gasteiger partial charge in [0.15, 0.2) is 0 Å². The van der Waals surface area contributed by atoms with E-state index in [2.05, 4.69) is 53.5 Å². The van der Waals surface area contributed by atoms with E-state index in [1.807, 2.05) is 12.1 Å². The number of fused-ring (bicyclic) bond motifs is 1. The second-order valence-corrected chi connectivity index (χ2v) is 5.89. The molecular formula is C18H20N4O. The Hall–Kier alpha value is -2.82. The topological polar surface area (TPSA) is 70.7 Å².